The van der Waals surface area contributed by atoms with Crippen LogP contribution in [0, 0.1) is 5.92 Å². The highest BCUT2D eigenvalue weighted by Crippen LogP contribution is 2.24. The van der Waals surface area contributed by atoms with Gasteiger partial charge in [-0.1, -0.05) is 12.1 Å². The molecule has 5 heteroatoms. The van der Waals surface area contributed by atoms with E-state index in [2.05, 4.69) is 5.32 Å². The first-order valence-corrected chi connectivity index (χ1v) is 6.91. The minimum absolute atomic E-state index is 0.178. The summed E-state index contributed by atoms with van der Waals surface area (Å²) in [6.07, 6.45) is 3.29. The highest BCUT2D eigenvalue weighted by Gasteiger charge is 2.25. The number of nitrogens with two attached hydrogens (primary N) is 1. The standard InChI is InChI=1S/C15H20N2O3/c16-14(18)11-3-1-10(2-4-11)9-17-13-7-5-12(6-8-13)15(19)20/h1-4,12-13,17H,5-9H2,(H2,16,18)(H,19,20). The van der Waals surface area contributed by atoms with Gasteiger partial charge in [0.1, 0.15) is 0 Å². The Labute approximate surface area is 118 Å². The van der Waals surface area contributed by atoms with Gasteiger partial charge in [-0.2, -0.15) is 0 Å². The van der Waals surface area contributed by atoms with Crippen molar-refractivity contribution in [2.45, 2.75) is 38.3 Å². The summed E-state index contributed by atoms with van der Waals surface area (Å²) in [5, 5.41) is 12.4. The fourth-order valence-electron chi connectivity index (χ4n) is 2.59. The molecular weight excluding hydrogens is 256 g/mol. The Morgan fingerprint density at radius 2 is 1.75 bits per heavy atom. The van der Waals surface area contributed by atoms with E-state index in [9.17, 15) is 9.59 Å². The first kappa shape index (κ1) is 14.5. The lowest BCUT2D eigenvalue weighted by atomic mass is 9.86. The molecule has 0 atom stereocenters. The first-order valence-electron chi connectivity index (χ1n) is 6.91. The number of nitrogens with one attached hydrogen (secondary N) is 1. The molecule has 4 N–H and O–H groups in total. The van der Waals surface area contributed by atoms with Gasteiger partial charge in [0.25, 0.3) is 0 Å². The predicted octanol–water partition coefficient (Wildman–Crippen LogP) is 1.52. The van der Waals surface area contributed by atoms with Crippen molar-refractivity contribution in [3.05, 3.63) is 35.4 Å². The van der Waals surface area contributed by atoms with Gasteiger partial charge >= 0.3 is 5.97 Å². The number of hydrogen-bond acceptors (Lipinski definition) is 3. The van der Waals surface area contributed by atoms with E-state index < -0.39 is 11.9 Å². The van der Waals surface area contributed by atoms with E-state index in [-0.39, 0.29) is 5.92 Å². The van der Waals surface area contributed by atoms with Crippen molar-refractivity contribution in [3.8, 4) is 0 Å². The zero-order valence-electron chi connectivity index (χ0n) is 11.3. The lowest BCUT2D eigenvalue weighted by molar-refractivity contribution is -0.142. The van der Waals surface area contributed by atoms with E-state index in [0.717, 1.165) is 37.8 Å². The number of hydrogen-bond donors (Lipinski definition) is 3. The fourth-order valence-corrected chi connectivity index (χ4v) is 2.59. The van der Waals surface area contributed by atoms with Crippen LogP contribution in [0.5, 0.6) is 0 Å². The van der Waals surface area contributed by atoms with E-state index in [4.69, 9.17) is 10.8 Å². The molecule has 5 nitrogen and oxygen atoms in total. The van der Waals surface area contributed by atoms with E-state index >= 15 is 0 Å². The molecule has 1 saturated carbocycles. The summed E-state index contributed by atoms with van der Waals surface area (Å²) in [6, 6.07) is 7.59. The van der Waals surface area contributed by atoms with Crippen LogP contribution in [0.1, 0.15) is 41.6 Å². The van der Waals surface area contributed by atoms with Gasteiger partial charge in [0.15, 0.2) is 0 Å². The summed E-state index contributed by atoms with van der Waals surface area (Å²) >= 11 is 0. The van der Waals surface area contributed by atoms with Gasteiger partial charge in [-0.15, -0.1) is 0 Å². The molecule has 108 valence electrons. The molecule has 1 fully saturated rings. The van der Waals surface area contributed by atoms with Crippen LogP contribution in [0.25, 0.3) is 0 Å². The average molecular weight is 276 g/mol. The zero-order chi connectivity index (χ0) is 14.5. The third kappa shape index (κ3) is 3.81. The molecule has 20 heavy (non-hydrogen) atoms. The number of carbonyl (C=O) groups excluding carboxylic acids is 1. The number of carbonyl (C=O) groups is 2. The molecule has 0 saturated heterocycles. The van der Waals surface area contributed by atoms with Crippen molar-refractivity contribution in [1.29, 1.82) is 0 Å². The minimum atomic E-state index is -0.675. The average Bonchev–Trinajstić information content (AvgIpc) is 2.46. The number of carboxylic acids is 1. The molecule has 0 spiro atoms. The quantitative estimate of drug-likeness (QED) is 0.760. The van der Waals surface area contributed by atoms with E-state index in [0.29, 0.717) is 11.6 Å². The van der Waals surface area contributed by atoms with E-state index in [1.165, 1.54) is 0 Å². The maximum Gasteiger partial charge on any atom is 0.306 e. The van der Waals surface area contributed by atoms with Crippen LogP contribution >= 0.6 is 0 Å². The fraction of sp³-hybridized carbons (Fsp3) is 0.467. The highest BCUT2D eigenvalue weighted by atomic mass is 16.4. The van der Waals surface area contributed by atoms with Crippen molar-refractivity contribution in [1.82, 2.24) is 5.32 Å². The Kier molecular flexibility index (Phi) is 4.74. The third-order valence-electron chi connectivity index (χ3n) is 3.91. The van der Waals surface area contributed by atoms with Gasteiger partial charge in [-0.25, -0.2) is 0 Å². The molecule has 0 aromatic heterocycles. The van der Waals surface area contributed by atoms with Crippen LogP contribution in [0.15, 0.2) is 24.3 Å². The van der Waals surface area contributed by atoms with Crippen LogP contribution in [0.2, 0.25) is 0 Å². The van der Waals surface area contributed by atoms with Gasteiger partial charge in [0.05, 0.1) is 5.92 Å². The molecule has 1 aliphatic carbocycles. The summed E-state index contributed by atoms with van der Waals surface area (Å²) in [7, 11) is 0. The molecule has 1 amide bonds. The van der Waals surface area contributed by atoms with Crippen molar-refractivity contribution in [2.24, 2.45) is 11.7 Å². The van der Waals surface area contributed by atoms with Crippen molar-refractivity contribution >= 4 is 11.9 Å². The van der Waals surface area contributed by atoms with Gasteiger partial charge < -0.3 is 16.2 Å². The summed E-state index contributed by atoms with van der Waals surface area (Å²) < 4.78 is 0. The molecule has 0 heterocycles. The molecule has 0 unspecified atom stereocenters. The lowest BCUT2D eigenvalue weighted by Crippen LogP contribution is -2.34. The predicted molar refractivity (Wildman–Crippen MR) is 75.2 cm³/mol. The third-order valence-corrected chi connectivity index (χ3v) is 3.91. The number of rotatable bonds is 5. The maximum atomic E-state index is 11.0. The SMILES string of the molecule is NC(=O)c1ccc(CNC2CCC(C(=O)O)CC2)cc1. The van der Waals surface area contributed by atoms with Crippen LogP contribution < -0.4 is 11.1 Å². The topological polar surface area (TPSA) is 92.4 Å². The zero-order valence-corrected chi connectivity index (χ0v) is 11.3. The summed E-state index contributed by atoms with van der Waals surface area (Å²) in [5.74, 6) is -1.27. The molecule has 1 aromatic carbocycles. The van der Waals surface area contributed by atoms with Gasteiger partial charge in [-0.3, -0.25) is 9.59 Å². The second kappa shape index (κ2) is 6.52. The second-order valence-electron chi connectivity index (χ2n) is 5.33. The minimum Gasteiger partial charge on any atom is -0.481 e. The van der Waals surface area contributed by atoms with E-state index in [1.807, 2.05) is 12.1 Å². The molecular formula is C15H20N2O3. The molecule has 0 bridgehead atoms. The molecule has 1 aliphatic rings. The Bertz CT molecular complexity index is 476. The van der Waals surface area contributed by atoms with Gasteiger partial charge in [-0.05, 0) is 43.4 Å². The molecule has 0 aliphatic heterocycles. The molecule has 2 rings (SSSR count). The molecule has 1 aromatic rings. The van der Waals surface area contributed by atoms with Crippen LogP contribution in [0.4, 0.5) is 0 Å². The maximum absolute atomic E-state index is 11.0. The van der Waals surface area contributed by atoms with E-state index in [1.54, 1.807) is 12.1 Å². The lowest BCUT2D eigenvalue weighted by Gasteiger charge is -2.27. The number of benzene rings is 1. The van der Waals surface area contributed by atoms with Crippen LogP contribution in [-0.4, -0.2) is 23.0 Å². The van der Waals surface area contributed by atoms with Crippen LogP contribution in [-0.2, 0) is 11.3 Å². The van der Waals surface area contributed by atoms with Crippen molar-refractivity contribution in [3.63, 3.8) is 0 Å². The normalized spacial score (nSPS) is 22.4. The number of primary amides is 1. The smallest absolute Gasteiger partial charge is 0.306 e. The van der Waals surface area contributed by atoms with Crippen molar-refractivity contribution < 1.29 is 14.7 Å². The highest BCUT2D eigenvalue weighted by molar-refractivity contribution is 5.92. The van der Waals surface area contributed by atoms with Gasteiger partial charge in [0.2, 0.25) is 5.91 Å². The summed E-state index contributed by atoms with van der Waals surface area (Å²) in [5.41, 5.74) is 6.79. The van der Waals surface area contributed by atoms with Crippen LogP contribution in [0.3, 0.4) is 0 Å². The Morgan fingerprint density at radius 3 is 2.25 bits per heavy atom. The summed E-state index contributed by atoms with van der Waals surface area (Å²) in [6.45, 7) is 0.724. The second-order valence-corrected chi connectivity index (χ2v) is 5.33. The monoisotopic (exact) mass is 276 g/mol. The number of amides is 1. The molecule has 0 radical (unpaired) electrons. The Morgan fingerprint density at radius 1 is 1.15 bits per heavy atom. The Hall–Kier alpha value is -1.88. The summed E-state index contributed by atoms with van der Waals surface area (Å²) in [4.78, 5) is 21.8. The first-order chi connectivity index (χ1) is 9.56. The van der Waals surface area contributed by atoms with Crippen molar-refractivity contribution in [2.75, 3.05) is 0 Å². The number of aliphatic carboxylic acids is 1. The van der Waals surface area contributed by atoms with Gasteiger partial charge in [0, 0.05) is 18.2 Å². The number of carboxylic acid groups (broad SMARTS) is 1. The largest absolute Gasteiger partial charge is 0.481 e. The Balaban J connectivity index is 1.78.